The maximum absolute atomic E-state index is 12.8. The first-order valence-corrected chi connectivity index (χ1v) is 10.0. The van der Waals surface area contributed by atoms with Gasteiger partial charge in [-0.15, -0.1) is 13.2 Å². The Morgan fingerprint density at radius 3 is 2.55 bits per heavy atom. The van der Waals surface area contributed by atoms with E-state index in [1.807, 2.05) is 6.07 Å². The van der Waals surface area contributed by atoms with Gasteiger partial charge in [0.05, 0.1) is 29.7 Å². The van der Waals surface area contributed by atoms with Crippen LogP contribution in [0.3, 0.4) is 0 Å². The number of alkyl halides is 3. The van der Waals surface area contributed by atoms with Crippen molar-refractivity contribution in [1.82, 2.24) is 14.5 Å². The minimum Gasteiger partial charge on any atom is -0.460 e. The molecule has 0 atom stereocenters. The number of para-hydroxylation sites is 2. The maximum atomic E-state index is 12.8. The van der Waals surface area contributed by atoms with Gasteiger partial charge in [0.15, 0.2) is 5.65 Å². The van der Waals surface area contributed by atoms with Crippen molar-refractivity contribution >= 4 is 39.1 Å². The number of furan rings is 1. The molecule has 10 heteroatoms. The van der Waals surface area contributed by atoms with Crippen molar-refractivity contribution in [3.8, 4) is 5.75 Å². The molecular formula is C23H16F3N3O4. The predicted octanol–water partition coefficient (Wildman–Crippen LogP) is 5.45. The third-order valence-corrected chi connectivity index (χ3v) is 5.01. The zero-order valence-electron chi connectivity index (χ0n) is 17.2. The number of benzene rings is 2. The van der Waals surface area contributed by atoms with Gasteiger partial charge in [-0.2, -0.15) is 0 Å². The molecule has 0 aliphatic rings. The summed E-state index contributed by atoms with van der Waals surface area (Å²) in [4.78, 5) is 21.3. The Labute approximate surface area is 184 Å². The molecule has 0 fully saturated rings. The van der Waals surface area contributed by atoms with Crippen molar-refractivity contribution in [2.75, 3.05) is 6.61 Å². The van der Waals surface area contributed by atoms with Crippen LogP contribution in [0.15, 0.2) is 59.0 Å². The number of fused-ring (bicyclic) bond motifs is 4. The highest BCUT2D eigenvalue weighted by atomic mass is 19.4. The average Bonchev–Trinajstić information content (AvgIpc) is 3.35. The van der Waals surface area contributed by atoms with Crippen LogP contribution in [0.25, 0.3) is 33.1 Å². The van der Waals surface area contributed by atoms with Crippen molar-refractivity contribution in [2.24, 2.45) is 0 Å². The van der Waals surface area contributed by atoms with Gasteiger partial charge in [0.25, 0.3) is 0 Å². The summed E-state index contributed by atoms with van der Waals surface area (Å²) in [5.74, 6) is -0.426. The van der Waals surface area contributed by atoms with Gasteiger partial charge >= 0.3 is 12.3 Å². The summed E-state index contributed by atoms with van der Waals surface area (Å²) in [6.07, 6.45) is -4.82. The summed E-state index contributed by atoms with van der Waals surface area (Å²) in [7, 11) is 0. The Balaban J connectivity index is 1.67. The van der Waals surface area contributed by atoms with E-state index in [1.54, 1.807) is 35.8 Å². The van der Waals surface area contributed by atoms with E-state index < -0.39 is 12.3 Å². The normalized spacial score (nSPS) is 12.0. The number of hydrogen-bond acceptors (Lipinski definition) is 6. The van der Waals surface area contributed by atoms with Crippen LogP contribution < -0.4 is 4.74 Å². The highest BCUT2D eigenvalue weighted by molar-refractivity contribution is 6.07. The molecule has 168 valence electrons. The quantitative estimate of drug-likeness (QED) is 0.328. The fourth-order valence-corrected chi connectivity index (χ4v) is 3.70. The van der Waals surface area contributed by atoms with Crippen molar-refractivity contribution in [3.63, 3.8) is 0 Å². The van der Waals surface area contributed by atoms with Gasteiger partial charge in [-0.25, -0.2) is 14.8 Å². The summed E-state index contributed by atoms with van der Waals surface area (Å²) in [6.45, 7) is 2.08. The number of rotatable bonds is 5. The van der Waals surface area contributed by atoms with Crippen molar-refractivity contribution in [3.05, 3.63) is 66.1 Å². The molecule has 2 aromatic carbocycles. The number of halogens is 3. The SMILES string of the molecule is CCOC(=O)c1ccc(Cn2c3ccc(OC(F)(F)F)cc3c3nc4ccccc4nc32)o1. The molecular weight excluding hydrogens is 439 g/mol. The van der Waals surface area contributed by atoms with Gasteiger partial charge in [-0.3, -0.25) is 0 Å². The van der Waals surface area contributed by atoms with E-state index in [0.29, 0.717) is 38.9 Å². The Hall–Kier alpha value is -4.08. The predicted molar refractivity (Wildman–Crippen MR) is 113 cm³/mol. The van der Waals surface area contributed by atoms with Gasteiger partial charge < -0.3 is 18.5 Å². The highest BCUT2D eigenvalue weighted by Crippen LogP contribution is 2.33. The molecule has 0 amide bonds. The largest absolute Gasteiger partial charge is 0.573 e. The molecule has 0 unspecified atom stereocenters. The van der Waals surface area contributed by atoms with Crippen LogP contribution in [0.4, 0.5) is 13.2 Å². The minimum atomic E-state index is -4.82. The third kappa shape index (κ3) is 3.95. The van der Waals surface area contributed by atoms with Gasteiger partial charge in [0.2, 0.25) is 5.76 Å². The zero-order chi connectivity index (χ0) is 23.2. The molecule has 33 heavy (non-hydrogen) atoms. The first kappa shape index (κ1) is 20.8. The fraction of sp³-hybridized carbons (Fsp3) is 0.174. The van der Waals surface area contributed by atoms with E-state index in [4.69, 9.17) is 14.1 Å². The molecule has 0 spiro atoms. The standard InChI is InChI=1S/C23H16F3N3O4/c1-2-31-22(30)19-10-8-14(32-19)12-29-18-9-7-13(33-23(24,25)26)11-15(18)20-21(29)28-17-6-4-3-5-16(17)27-20/h3-11H,2,12H2,1H3. The Morgan fingerprint density at radius 2 is 1.82 bits per heavy atom. The fourth-order valence-electron chi connectivity index (χ4n) is 3.70. The van der Waals surface area contributed by atoms with E-state index in [9.17, 15) is 18.0 Å². The molecule has 0 saturated carbocycles. The summed E-state index contributed by atoms with van der Waals surface area (Å²) in [5, 5.41) is 0.446. The highest BCUT2D eigenvalue weighted by Gasteiger charge is 2.31. The van der Waals surface area contributed by atoms with Crippen LogP contribution in [0.1, 0.15) is 23.2 Å². The zero-order valence-corrected chi connectivity index (χ0v) is 17.2. The number of aromatic nitrogens is 3. The van der Waals surface area contributed by atoms with Crippen LogP contribution in [-0.4, -0.2) is 33.5 Å². The van der Waals surface area contributed by atoms with E-state index in [0.717, 1.165) is 0 Å². The summed E-state index contributed by atoms with van der Waals surface area (Å²) < 4.78 is 54.8. The number of hydrogen-bond donors (Lipinski definition) is 0. The first-order chi connectivity index (χ1) is 15.8. The van der Waals surface area contributed by atoms with Gasteiger partial charge in [0.1, 0.15) is 17.0 Å². The number of ether oxygens (including phenoxy) is 2. The maximum Gasteiger partial charge on any atom is 0.573 e. The molecule has 5 aromatic rings. The summed E-state index contributed by atoms with van der Waals surface area (Å²) >= 11 is 0. The molecule has 3 heterocycles. The second-order valence-corrected chi connectivity index (χ2v) is 7.18. The van der Waals surface area contributed by atoms with E-state index in [2.05, 4.69) is 9.72 Å². The Kier molecular flexibility index (Phi) is 4.92. The average molecular weight is 455 g/mol. The van der Waals surface area contributed by atoms with Crippen LogP contribution in [0.2, 0.25) is 0 Å². The van der Waals surface area contributed by atoms with Crippen LogP contribution in [-0.2, 0) is 11.3 Å². The van der Waals surface area contributed by atoms with E-state index >= 15 is 0 Å². The topological polar surface area (TPSA) is 79.4 Å². The molecule has 3 aromatic heterocycles. The Bertz CT molecular complexity index is 1500. The Morgan fingerprint density at radius 1 is 1.06 bits per heavy atom. The lowest BCUT2D eigenvalue weighted by Crippen LogP contribution is -2.17. The second kappa shape index (κ2) is 7.80. The number of carbonyl (C=O) groups excluding carboxylic acids is 1. The van der Waals surface area contributed by atoms with Crippen molar-refractivity contribution in [2.45, 2.75) is 19.8 Å². The molecule has 7 nitrogen and oxygen atoms in total. The van der Waals surface area contributed by atoms with Crippen LogP contribution >= 0.6 is 0 Å². The molecule has 0 bridgehead atoms. The lowest BCUT2D eigenvalue weighted by molar-refractivity contribution is -0.274. The lowest BCUT2D eigenvalue weighted by atomic mass is 10.2. The lowest BCUT2D eigenvalue weighted by Gasteiger charge is -2.09. The third-order valence-electron chi connectivity index (χ3n) is 5.01. The number of carbonyl (C=O) groups is 1. The smallest absolute Gasteiger partial charge is 0.460 e. The molecule has 0 aliphatic carbocycles. The van der Waals surface area contributed by atoms with Gasteiger partial charge in [-0.1, -0.05) is 12.1 Å². The molecule has 0 N–H and O–H groups in total. The van der Waals surface area contributed by atoms with Crippen molar-refractivity contribution in [1.29, 1.82) is 0 Å². The summed E-state index contributed by atoms with van der Waals surface area (Å²) in [5.41, 5.74) is 2.71. The van der Waals surface area contributed by atoms with Gasteiger partial charge in [0, 0.05) is 5.39 Å². The summed E-state index contributed by atoms with van der Waals surface area (Å²) in [6, 6.07) is 14.4. The van der Waals surface area contributed by atoms with Gasteiger partial charge in [-0.05, 0) is 49.4 Å². The molecule has 0 aliphatic heterocycles. The van der Waals surface area contributed by atoms with E-state index in [1.165, 1.54) is 24.3 Å². The van der Waals surface area contributed by atoms with Crippen LogP contribution in [0, 0.1) is 0 Å². The monoisotopic (exact) mass is 455 g/mol. The van der Waals surface area contributed by atoms with E-state index in [-0.39, 0.29) is 24.7 Å². The van der Waals surface area contributed by atoms with Crippen molar-refractivity contribution < 1.29 is 31.9 Å². The molecule has 0 saturated heterocycles. The number of esters is 1. The first-order valence-electron chi connectivity index (χ1n) is 10.0. The molecule has 5 rings (SSSR count). The minimum absolute atomic E-state index is 0.0602. The molecule has 0 radical (unpaired) electrons. The van der Waals surface area contributed by atoms with Crippen LogP contribution in [0.5, 0.6) is 5.75 Å². The number of nitrogens with zero attached hydrogens (tertiary/aromatic N) is 3. The second-order valence-electron chi connectivity index (χ2n) is 7.18.